The zero-order chi connectivity index (χ0) is 14.6. The number of amides is 1. The van der Waals surface area contributed by atoms with Gasteiger partial charge in [-0.15, -0.1) is 0 Å². The second-order valence-corrected chi connectivity index (χ2v) is 5.69. The van der Waals surface area contributed by atoms with Gasteiger partial charge >= 0.3 is 0 Å². The molecule has 4 heteroatoms. The Hall–Kier alpha value is -2.49. The van der Waals surface area contributed by atoms with Gasteiger partial charge in [0.05, 0.1) is 11.3 Å². The third-order valence-corrected chi connectivity index (χ3v) is 4.25. The van der Waals surface area contributed by atoms with Gasteiger partial charge in [-0.05, 0) is 43.5 Å². The van der Waals surface area contributed by atoms with Gasteiger partial charge in [-0.2, -0.15) is 0 Å². The second kappa shape index (κ2) is 4.25. The third kappa shape index (κ3) is 1.72. The summed E-state index contributed by atoms with van der Waals surface area (Å²) >= 11 is 0. The van der Waals surface area contributed by atoms with E-state index < -0.39 is 0 Å². The Labute approximate surface area is 123 Å². The van der Waals surface area contributed by atoms with Crippen molar-refractivity contribution in [2.75, 3.05) is 10.6 Å². The maximum atomic E-state index is 12.9. The lowest BCUT2D eigenvalue weighted by Crippen LogP contribution is -2.41. The van der Waals surface area contributed by atoms with E-state index in [9.17, 15) is 4.79 Å². The molecule has 0 aromatic heterocycles. The number of carbonyl (C=O) groups is 1. The van der Waals surface area contributed by atoms with E-state index in [1.807, 2.05) is 35.2 Å². The van der Waals surface area contributed by atoms with Crippen molar-refractivity contribution in [3.05, 3.63) is 47.5 Å². The van der Waals surface area contributed by atoms with Gasteiger partial charge in [-0.3, -0.25) is 4.79 Å². The minimum atomic E-state index is 0.00238. The number of nitrogens with two attached hydrogens (primary N) is 1. The summed E-state index contributed by atoms with van der Waals surface area (Å²) in [6.07, 6.45) is 1.85. The summed E-state index contributed by atoms with van der Waals surface area (Å²) in [6.45, 7) is 2.08. The van der Waals surface area contributed by atoms with E-state index in [1.165, 1.54) is 0 Å². The molecule has 4 nitrogen and oxygen atoms in total. The van der Waals surface area contributed by atoms with Crippen LogP contribution in [0.4, 0.5) is 11.4 Å². The van der Waals surface area contributed by atoms with E-state index in [1.54, 1.807) is 6.07 Å². The number of anilines is 2. The number of benzene rings is 2. The number of aryl methyl sites for hydroxylation is 1. The molecule has 2 aliphatic heterocycles. The molecule has 1 amide bonds. The third-order valence-electron chi connectivity index (χ3n) is 4.25. The molecule has 2 aromatic rings. The number of para-hydroxylation sites is 1. The van der Waals surface area contributed by atoms with Crippen LogP contribution in [0.5, 0.6) is 11.5 Å². The van der Waals surface area contributed by atoms with Crippen LogP contribution in [0.25, 0.3) is 0 Å². The van der Waals surface area contributed by atoms with Crippen molar-refractivity contribution in [1.82, 2.24) is 0 Å². The lowest BCUT2D eigenvalue weighted by atomic mass is 9.95. The molecule has 0 radical (unpaired) electrons. The van der Waals surface area contributed by atoms with Gasteiger partial charge in [0.1, 0.15) is 5.75 Å². The minimum Gasteiger partial charge on any atom is -0.454 e. The molecule has 2 heterocycles. The van der Waals surface area contributed by atoms with Crippen molar-refractivity contribution >= 4 is 17.3 Å². The Kier molecular flexibility index (Phi) is 2.48. The summed E-state index contributed by atoms with van der Waals surface area (Å²) in [5.41, 5.74) is 9.23. The zero-order valence-corrected chi connectivity index (χ0v) is 11.8. The highest BCUT2D eigenvalue weighted by Crippen LogP contribution is 2.46. The monoisotopic (exact) mass is 280 g/mol. The van der Waals surface area contributed by atoms with Gasteiger partial charge in [0.25, 0.3) is 5.91 Å². The Morgan fingerprint density at radius 1 is 1.24 bits per heavy atom. The highest BCUT2D eigenvalue weighted by atomic mass is 16.5. The first-order chi connectivity index (χ1) is 10.1. The average molecular weight is 280 g/mol. The molecule has 106 valence electrons. The van der Waals surface area contributed by atoms with Crippen molar-refractivity contribution in [3.8, 4) is 11.5 Å². The van der Waals surface area contributed by atoms with E-state index in [0.717, 1.165) is 24.1 Å². The molecule has 2 aromatic carbocycles. The van der Waals surface area contributed by atoms with Crippen LogP contribution in [-0.4, -0.2) is 11.9 Å². The maximum Gasteiger partial charge on any atom is 0.262 e. The molecule has 1 unspecified atom stereocenters. The fourth-order valence-electron chi connectivity index (χ4n) is 3.23. The first-order valence-electron chi connectivity index (χ1n) is 7.18. The van der Waals surface area contributed by atoms with E-state index in [4.69, 9.17) is 10.5 Å². The first kappa shape index (κ1) is 12.3. The van der Waals surface area contributed by atoms with E-state index in [-0.39, 0.29) is 11.9 Å². The van der Waals surface area contributed by atoms with Crippen LogP contribution >= 0.6 is 0 Å². The van der Waals surface area contributed by atoms with Gasteiger partial charge in [0.15, 0.2) is 5.75 Å². The Bertz CT molecular complexity index is 754. The molecule has 0 spiro atoms. The predicted octanol–water partition coefficient (Wildman–Crippen LogP) is 3.36. The molecule has 0 bridgehead atoms. The maximum absolute atomic E-state index is 12.9. The fraction of sp³-hybridized carbons (Fsp3) is 0.235. The SMILES string of the molecule is CC1CCc2cc(N)cc3c2N1C(=O)c1ccccc1O3. The summed E-state index contributed by atoms with van der Waals surface area (Å²) in [6, 6.07) is 11.3. The average Bonchev–Trinajstić information content (AvgIpc) is 2.59. The molecule has 0 saturated carbocycles. The highest BCUT2D eigenvalue weighted by molar-refractivity contribution is 6.10. The smallest absolute Gasteiger partial charge is 0.262 e. The van der Waals surface area contributed by atoms with Crippen LogP contribution < -0.4 is 15.4 Å². The van der Waals surface area contributed by atoms with Crippen LogP contribution in [0, 0.1) is 0 Å². The van der Waals surface area contributed by atoms with Crippen LogP contribution in [0.3, 0.4) is 0 Å². The van der Waals surface area contributed by atoms with Crippen LogP contribution in [0.2, 0.25) is 0 Å². The van der Waals surface area contributed by atoms with Crippen molar-refractivity contribution in [2.24, 2.45) is 0 Å². The molecule has 21 heavy (non-hydrogen) atoms. The van der Waals surface area contributed by atoms with Gasteiger partial charge in [0.2, 0.25) is 0 Å². The number of fused-ring (bicyclic) bond motifs is 1. The van der Waals surface area contributed by atoms with Gasteiger partial charge in [0, 0.05) is 17.8 Å². The van der Waals surface area contributed by atoms with Gasteiger partial charge in [-0.25, -0.2) is 0 Å². The summed E-state index contributed by atoms with van der Waals surface area (Å²) in [7, 11) is 0. The lowest BCUT2D eigenvalue weighted by molar-refractivity contribution is 0.0975. The van der Waals surface area contributed by atoms with Crippen LogP contribution in [0.1, 0.15) is 29.3 Å². The lowest BCUT2D eigenvalue weighted by Gasteiger charge is -2.35. The number of hydrogen-bond acceptors (Lipinski definition) is 3. The number of carbonyl (C=O) groups excluding carboxylic acids is 1. The number of ether oxygens (including phenoxy) is 1. The quantitative estimate of drug-likeness (QED) is 0.753. The Morgan fingerprint density at radius 3 is 2.90 bits per heavy atom. The summed E-state index contributed by atoms with van der Waals surface area (Å²) in [5.74, 6) is 1.27. The number of nitrogen functional groups attached to an aromatic ring is 1. The van der Waals surface area contributed by atoms with Crippen LogP contribution in [-0.2, 0) is 6.42 Å². The van der Waals surface area contributed by atoms with Crippen molar-refractivity contribution in [3.63, 3.8) is 0 Å². The Balaban J connectivity index is 2.02. The van der Waals surface area contributed by atoms with E-state index in [0.29, 0.717) is 22.7 Å². The van der Waals surface area contributed by atoms with Crippen molar-refractivity contribution in [1.29, 1.82) is 0 Å². The first-order valence-corrected chi connectivity index (χ1v) is 7.18. The summed E-state index contributed by atoms with van der Waals surface area (Å²) in [4.78, 5) is 14.8. The number of rotatable bonds is 0. The molecule has 2 N–H and O–H groups in total. The molecule has 4 rings (SSSR count). The van der Waals surface area contributed by atoms with Gasteiger partial charge in [-0.1, -0.05) is 12.1 Å². The largest absolute Gasteiger partial charge is 0.454 e. The summed E-state index contributed by atoms with van der Waals surface area (Å²) in [5, 5.41) is 0. The van der Waals surface area contributed by atoms with Crippen molar-refractivity contribution < 1.29 is 9.53 Å². The zero-order valence-electron chi connectivity index (χ0n) is 11.8. The summed E-state index contributed by atoms with van der Waals surface area (Å²) < 4.78 is 6.01. The predicted molar refractivity (Wildman–Crippen MR) is 82.0 cm³/mol. The molecule has 1 atom stereocenters. The second-order valence-electron chi connectivity index (χ2n) is 5.69. The molecule has 0 saturated heterocycles. The standard InChI is InChI=1S/C17H16N2O2/c1-10-6-7-11-8-12(18)9-15-16(11)19(10)17(20)13-4-2-3-5-14(13)21-15/h2-5,8-10H,6-7,18H2,1H3. The molecule has 0 fully saturated rings. The van der Waals surface area contributed by atoms with E-state index >= 15 is 0 Å². The number of hydrogen-bond donors (Lipinski definition) is 1. The minimum absolute atomic E-state index is 0.00238. The van der Waals surface area contributed by atoms with Crippen LogP contribution in [0.15, 0.2) is 36.4 Å². The Morgan fingerprint density at radius 2 is 2.05 bits per heavy atom. The molecule has 2 aliphatic rings. The molecular formula is C17H16N2O2. The normalized spacial score (nSPS) is 19.4. The topological polar surface area (TPSA) is 55.6 Å². The number of nitrogens with zero attached hydrogens (tertiary/aromatic N) is 1. The van der Waals surface area contributed by atoms with E-state index in [2.05, 4.69) is 6.92 Å². The molecule has 0 aliphatic carbocycles. The highest BCUT2D eigenvalue weighted by Gasteiger charge is 2.35. The fourth-order valence-corrected chi connectivity index (χ4v) is 3.23. The van der Waals surface area contributed by atoms with Gasteiger partial charge < -0.3 is 15.4 Å². The molecular weight excluding hydrogens is 264 g/mol. The van der Waals surface area contributed by atoms with Crippen molar-refractivity contribution in [2.45, 2.75) is 25.8 Å².